The zero-order valence-corrected chi connectivity index (χ0v) is 21.1. The van der Waals surface area contributed by atoms with Crippen molar-refractivity contribution in [3.05, 3.63) is 64.7 Å². The number of aryl methyl sites for hydroxylation is 1. The van der Waals surface area contributed by atoms with Crippen LogP contribution in [0.25, 0.3) is 17.2 Å². The second kappa shape index (κ2) is 9.80. The molecule has 10 nitrogen and oxygen atoms in total. The highest BCUT2D eigenvalue weighted by molar-refractivity contribution is 6.30. The van der Waals surface area contributed by atoms with Crippen LogP contribution in [0, 0.1) is 0 Å². The van der Waals surface area contributed by atoms with E-state index in [4.69, 9.17) is 16.7 Å². The van der Waals surface area contributed by atoms with E-state index in [0.717, 1.165) is 0 Å². The lowest BCUT2D eigenvalue weighted by atomic mass is 9.77. The Bertz CT molecular complexity index is 1590. The molecule has 0 aliphatic carbocycles. The van der Waals surface area contributed by atoms with E-state index >= 15 is 0 Å². The number of halogens is 4. The molecule has 1 aliphatic rings. The van der Waals surface area contributed by atoms with Gasteiger partial charge in [0, 0.05) is 43.0 Å². The third kappa shape index (κ3) is 5.09. The van der Waals surface area contributed by atoms with Gasteiger partial charge < -0.3 is 20.1 Å². The van der Waals surface area contributed by atoms with Gasteiger partial charge in [-0.25, -0.2) is 19.9 Å². The van der Waals surface area contributed by atoms with Crippen molar-refractivity contribution in [3.8, 4) is 11.5 Å². The van der Waals surface area contributed by atoms with Gasteiger partial charge in [-0.2, -0.15) is 13.2 Å². The number of fused-ring (bicyclic) bond motifs is 2. The van der Waals surface area contributed by atoms with Crippen molar-refractivity contribution < 1.29 is 27.9 Å². The average Bonchev–Trinajstić information content (AvgIpc) is 3.45. The Kier molecular flexibility index (Phi) is 6.62. The Labute approximate surface area is 224 Å². The summed E-state index contributed by atoms with van der Waals surface area (Å²) in [6.45, 7) is 1.68. The molecule has 3 aromatic heterocycles. The third-order valence-corrected chi connectivity index (χ3v) is 6.72. The molecule has 1 unspecified atom stereocenters. The van der Waals surface area contributed by atoms with E-state index < -0.39 is 36.3 Å². The van der Waals surface area contributed by atoms with Gasteiger partial charge in [0.25, 0.3) is 0 Å². The first-order valence-electron chi connectivity index (χ1n) is 11.8. The standard InChI is InChI=1S/C25H21ClF3N7O3/c1-24(13-2-4-14(26)5-3-13)18-20(30-9-7-17(37)38)33-19(34-21(18)35-23(24)39)16-12-36-11-10-31-22(36)15(32-16)6-8-25(27,28)29/h2-5,10-12H,6-9H2,1H3,(H,37,38)(H2,30,33,34,35,39). The molecule has 0 spiro atoms. The van der Waals surface area contributed by atoms with E-state index in [1.807, 2.05) is 0 Å². The number of rotatable bonds is 8. The molecule has 14 heteroatoms. The number of nitrogens with one attached hydrogen (secondary N) is 2. The molecule has 202 valence electrons. The highest BCUT2D eigenvalue weighted by Gasteiger charge is 2.48. The van der Waals surface area contributed by atoms with E-state index in [-0.39, 0.29) is 47.5 Å². The summed E-state index contributed by atoms with van der Waals surface area (Å²) in [7, 11) is 0. The van der Waals surface area contributed by atoms with Crippen molar-refractivity contribution in [2.45, 2.75) is 37.8 Å². The predicted molar refractivity (Wildman–Crippen MR) is 136 cm³/mol. The van der Waals surface area contributed by atoms with Gasteiger partial charge in [-0.1, -0.05) is 23.7 Å². The van der Waals surface area contributed by atoms with E-state index in [1.165, 1.54) is 16.8 Å². The average molecular weight is 560 g/mol. The highest BCUT2D eigenvalue weighted by atomic mass is 35.5. The number of aromatic nitrogens is 5. The Morgan fingerprint density at radius 3 is 2.64 bits per heavy atom. The summed E-state index contributed by atoms with van der Waals surface area (Å²) in [6.07, 6.45) is -1.57. The third-order valence-electron chi connectivity index (χ3n) is 6.47. The molecule has 39 heavy (non-hydrogen) atoms. The predicted octanol–water partition coefficient (Wildman–Crippen LogP) is 4.48. The van der Waals surface area contributed by atoms with Crippen LogP contribution < -0.4 is 10.6 Å². The number of benzene rings is 1. The number of carboxylic acids is 1. The minimum atomic E-state index is -4.39. The topological polar surface area (TPSA) is 134 Å². The molecular weight excluding hydrogens is 539 g/mol. The van der Waals surface area contributed by atoms with Crippen LogP contribution in [0.15, 0.2) is 42.9 Å². The minimum absolute atomic E-state index is 0.00602. The van der Waals surface area contributed by atoms with Crippen LogP contribution in [-0.2, 0) is 21.4 Å². The van der Waals surface area contributed by atoms with Crippen molar-refractivity contribution in [2.75, 3.05) is 17.2 Å². The molecule has 0 radical (unpaired) electrons. The molecule has 4 heterocycles. The number of alkyl halides is 3. The molecule has 5 rings (SSSR count). The number of hydrogen-bond donors (Lipinski definition) is 3. The van der Waals surface area contributed by atoms with Crippen molar-refractivity contribution in [3.63, 3.8) is 0 Å². The summed E-state index contributed by atoms with van der Waals surface area (Å²) < 4.78 is 40.4. The molecule has 1 aliphatic heterocycles. The molecule has 1 amide bonds. The molecule has 0 saturated heterocycles. The normalized spacial score (nSPS) is 16.8. The molecule has 4 aromatic rings. The molecule has 3 N–H and O–H groups in total. The Balaban J connectivity index is 1.64. The smallest absolute Gasteiger partial charge is 0.389 e. The SMILES string of the molecule is CC1(c2ccc(Cl)cc2)C(=O)Nc2nc(-c3cn4ccnc4c(CCC(F)(F)F)n3)nc(NCCC(=O)O)c21. The number of amides is 1. The highest BCUT2D eigenvalue weighted by Crippen LogP contribution is 2.46. The number of anilines is 2. The van der Waals surface area contributed by atoms with Gasteiger partial charge in [0.15, 0.2) is 11.5 Å². The molecule has 0 fully saturated rings. The summed E-state index contributed by atoms with van der Waals surface area (Å²) in [5, 5.41) is 15.4. The van der Waals surface area contributed by atoms with E-state index in [9.17, 15) is 22.8 Å². The summed E-state index contributed by atoms with van der Waals surface area (Å²) in [4.78, 5) is 42.1. The maximum atomic E-state index is 13.3. The lowest BCUT2D eigenvalue weighted by Crippen LogP contribution is -2.33. The lowest BCUT2D eigenvalue weighted by Gasteiger charge is -2.25. The summed E-state index contributed by atoms with van der Waals surface area (Å²) in [5.41, 5.74) is 0.278. The summed E-state index contributed by atoms with van der Waals surface area (Å²) in [6, 6.07) is 6.70. The first-order valence-corrected chi connectivity index (χ1v) is 12.2. The first-order chi connectivity index (χ1) is 18.5. The number of carbonyl (C=O) groups is 2. The number of nitrogens with zero attached hydrogens (tertiary/aromatic N) is 5. The van der Waals surface area contributed by atoms with Crippen LogP contribution >= 0.6 is 11.6 Å². The quantitative estimate of drug-likeness (QED) is 0.288. The molecule has 0 bridgehead atoms. The van der Waals surface area contributed by atoms with Crippen molar-refractivity contribution in [2.24, 2.45) is 0 Å². The molecule has 0 saturated carbocycles. The Morgan fingerprint density at radius 2 is 1.95 bits per heavy atom. The zero-order valence-electron chi connectivity index (χ0n) is 20.4. The number of carboxylic acid groups (broad SMARTS) is 1. The van der Waals surface area contributed by atoms with E-state index in [0.29, 0.717) is 16.1 Å². The van der Waals surface area contributed by atoms with Crippen LogP contribution in [0.5, 0.6) is 0 Å². The van der Waals surface area contributed by atoms with Gasteiger partial charge in [-0.15, -0.1) is 0 Å². The number of hydrogen-bond acceptors (Lipinski definition) is 7. The van der Waals surface area contributed by atoms with E-state index in [2.05, 4.69) is 30.6 Å². The van der Waals surface area contributed by atoms with Crippen molar-refractivity contribution >= 4 is 40.8 Å². The molecular formula is C25H21ClF3N7O3. The number of aliphatic carboxylic acids is 1. The zero-order chi connectivity index (χ0) is 27.9. The lowest BCUT2D eigenvalue weighted by molar-refractivity contribution is -0.137. The van der Waals surface area contributed by atoms with Crippen LogP contribution in [-0.4, -0.2) is 54.0 Å². The summed E-state index contributed by atoms with van der Waals surface area (Å²) >= 11 is 6.04. The first kappa shape index (κ1) is 26.4. The fourth-order valence-corrected chi connectivity index (χ4v) is 4.62. The van der Waals surface area contributed by atoms with Crippen molar-refractivity contribution in [1.82, 2.24) is 24.3 Å². The van der Waals surface area contributed by atoms with Crippen molar-refractivity contribution in [1.29, 1.82) is 0 Å². The Morgan fingerprint density at radius 1 is 1.21 bits per heavy atom. The second-order valence-electron chi connectivity index (χ2n) is 9.12. The minimum Gasteiger partial charge on any atom is -0.481 e. The maximum absolute atomic E-state index is 13.3. The number of imidazole rings is 1. The van der Waals surface area contributed by atoms with Gasteiger partial charge >= 0.3 is 12.1 Å². The van der Waals surface area contributed by atoms with Gasteiger partial charge in [-0.3, -0.25) is 9.59 Å². The fourth-order valence-electron chi connectivity index (χ4n) is 4.49. The van der Waals surface area contributed by atoms with Crippen LogP contribution in [0.1, 0.15) is 36.6 Å². The van der Waals surface area contributed by atoms with Crippen LogP contribution in [0.3, 0.4) is 0 Å². The second-order valence-corrected chi connectivity index (χ2v) is 9.56. The Hall–Kier alpha value is -4.26. The number of carbonyl (C=O) groups excluding carboxylic acids is 1. The maximum Gasteiger partial charge on any atom is 0.389 e. The van der Waals surface area contributed by atoms with Gasteiger partial charge in [-0.05, 0) is 24.6 Å². The monoisotopic (exact) mass is 559 g/mol. The van der Waals surface area contributed by atoms with Gasteiger partial charge in [0.1, 0.15) is 22.7 Å². The molecule has 1 aromatic carbocycles. The largest absolute Gasteiger partial charge is 0.481 e. The van der Waals surface area contributed by atoms with Crippen LogP contribution in [0.2, 0.25) is 5.02 Å². The summed E-state index contributed by atoms with van der Waals surface area (Å²) in [5.74, 6) is -1.04. The van der Waals surface area contributed by atoms with E-state index in [1.54, 1.807) is 37.4 Å². The van der Waals surface area contributed by atoms with Gasteiger partial charge in [0.05, 0.1) is 17.7 Å². The van der Waals surface area contributed by atoms with Crippen LogP contribution in [0.4, 0.5) is 24.8 Å². The molecule has 1 atom stereocenters. The van der Waals surface area contributed by atoms with Gasteiger partial charge in [0.2, 0.25) is 5.91 Å². The fraction of sp³-hybridized carbons (Fsp3) is 0.280.